The van der Waals surface area contributed by atoms with Crippen LogP contribution < -0.4 is 4.90 Å². The Bertz CT molecular complexity index is 831. The molecule has 1 aromatic carbocycles. The lowest BCUT2D eigenvalue weighted by atomic mass is 10.1. The number of amides is 1. The minimum absolute atomic E-state index is 0.0581. The van der Waals surface area contributed by atoms with Crippen LogP contribution in [0.15, 0.2) is 23.2 Å². The molecule has 0 radical (unpaired) electrons. The van der Waals surface area contributed by atoms with E-state index in [-0.39, 0.29) is 34.6 Å². The van der Waals surface area contributed by atoms with Gasteiger partial charge in [-0.2, -0.15) is 4.99 Å². The van der Waals surface area contributed by atoms with Gasteiger partial charge in [-0.1, -0.05) is 31.7 Å². The quantitative estimate of drug-likeness (QED) is 0.806. The molecule has 0 saturated carbocycles. The Morgan fingerprint density at radius 1 is 1.28 bits per heavy atom. The average molecular weight is 381 g/mol. The van der Waals surface area contributed by atoms with Crippen LogP contribution in [0.25, 0.3) is 0 Å². The van der Waals surface area contributed by atoms with Crippen molar-refractivity contribution in [3.8, 4) is 0 Å². The lowest BCUT2D eigenvalue weighted by molar-refractivity contribution is -0.118. The van der Waals surface area contributed by atoms with Gasteiger partial charge in [0.1, 0.15) is 0 Å². The van der Waals surface area contributed by atoms with Crippen molar-refractivity contribution in [3.63, 3.8) is 0 Å². The van der Waals surface area contributed by atoms with Gasteiger partial charge in [0.2, 0.25) is 5.91 Å². The number of fused-ring (bicyclic) bond motifs is 1. The van der Waals surface area contributed by atoms with Gasteiger partial charge in [-0.15, -0.1) is 0 Å². The van der Waals surface area contributed by atoms with Crippen molar-refractivity contribution in [3.05, 3.63) is 29.3 Å². The van der Waals surface area contributed by atoms with Crippen molar-refractivity contribution in [1.82, 2.24) is 0 Å². The van der Waals surface area contributed by atoms with E-state index in [1.54, 1.807) is 0 Å². The molecule has 0 spiro atoms. The maximum atomic E-state index is 12.2. The van der Waals surface area contributed by atoms with Gasteiger partial charge < -0.3 is 4.90 Å². The number of hydrogen-bond acceptors (Lipinski definition) is 4. The van der Waals surface area contributed by atoms with Crippen molar-refractivity contribution in [2.75, 3.05) is 16.4 Å². The van der Waals surface area contributed by atoms with Gasteiger partial charge in [-0.25, -0.2) is 8.42 Å². The minimum Gasteiger partial charge on any atom is -0.316 e. The van der Waals surface area contributed by atoms with Crippen LogP contribution in [0.2, 0.25) is 0 Å². The number of amidine groups is 1. The fraction of sp³-hybridized carbons (Fsp3) is 0.556. The van der Waals surface area contributed by atoms with Crippen LogP contribution >= 0.6 is 11.8 Å². The van der Waals surface area contributed by atoms with Crippen LogP contribution in [0.5, 0.6) is 0 Å². The normalized spacial score (nSPS) is 26.4. The van der Waals surface area contributed by atoms with E-state index in [1.165, 1.54) is 17.3 Å². The number of thioether (sulfide) groups is 1. The molecular formula is C18H24N2O3S2. The predicted molar refractivity (Wildman–Crippen MR) is 104 cm³/mol. The summed E-state index contributed by atoms with van der Waals surface area (Å²) in [7, 11) is -3.04. The third-order valence-corrected chi connectivity index (χ3v) is 7.85. The third kappa shape index (κ3) is 3.92. The average Bonchev–Trinajstić information content (AvgIpc) is 2.92. The first-order valence-electron chi connectivity index (χ1n) is 8.51. The van der Waals surface area contributed by atoms with E-state index in [9.17, 15) is 13.2 Å². The van der Waals surface area contributed by atoms with Gasteiger partial charge in [0.05, 0.1) is 17.5 Å². The monoisotopic (exact) mass is 380 g/mol. The Morgan fingerprint density at radius 2 is 2.00 bits per heavy atom. The third-order valence-electron chi connectivity index (χ3n) is 4.64. The van der Waals surface area contributed by atoms with Crippen molar-refractivity contribution in [2.24, 2.45) is 10.9 Å². The van der Waals surface area contributed by atoms with Crippen LogP contribution in [-0.4, -0.2) is 42.3 Å². The molecule has 25 heavy (non-hydrogen) atoms. The number of aliphatic imine (C=N–C) groups is 1. The molecule has 136 valence electrons. The molecule has 2 heterocycles. The van der Waals surface area contributed by atoms with Crippen LogP contribution in [0.3, 0.4) is 0 Å². The van der Waals surface area contributed by atoms with E-state index in [4.69, 9.17) is 0 Å². The first-order valence-corrected chi connectivity index (χ1v) is 11.2. The number of sulfone groups is 1. The van der Waals surface area contributed by atoms with Gasteiger partial charge in [-0.05, 0) is 43.0 Å². The van der Waals surface area contributed by atoms with E-state index < -0.39 is 9.84 Å². The Kier molecular flexibility index (Phi) is 4.99. The molecular weight excluding hydrogens is 356 g/mol. The number of rotatable bonds is 3. The number of aryl methyl sites for hydroxylation is 2. The molecule has 2 aliphatic heterocycles. The minimum atomic E-state index is -3.04. The Morgan fingerprint density at radius 3 is 2.64 bits per heavy atom. The standard InChI is InChI=1S/C18H24N2O3S2/c1-11(2)7-17(21)19-18-20(14-6-5-12(3)13(4)8-14)15-9-25(22,23)10-16(15)24-18/h5-6,8,11,15-16H,7,9-10H2,1-4H3. The summed E-state index contributed by atoms with van der Waals surface area (Å²) in [5.74, 6) is 0.378. The van der Waals surface area contributed by atoms with E-state index in [2.05, 4.69) is 4.99 Å². The highest BCUT2D eigenvalue weighted by Gasteiger charge is 2.49. The van der Waals surface area contributed by atoms with Crippen LogP contribution in [-0.2, 0) is 14.6 Å². The lowest BCUT2D eigenvalue weighted by Crippen LogP contribution is -2.37. The number of carbonyl (C=O) groups is 1. The fourth-order valence-corrected chi connectivity index (χ4v) is 7.17. The van der Waals surface area contributed by atoms with Gasteiger partial charge in [-0.3, -0.25) is 4.79 Å². The summed E-state index contributed by atoms with van der Waals surface area (Å²) in [5, 5.41) is 0.580. The number of carbonyl (C=O) groups excluding carboxylic acids is 1. The number of anilines is 1. The van der Waals surface area contributed by atoms with Crippen molar-refractivity contribution in [2.45, 2.75) is 45.4 Å². The van der Waals surface area contributed by atoms with Crippen LogP contribution in [0.4, 0.5) is 5.69 Å². The zero-order valence-electron chi connectivity index (χ0n) is 15.0. The molecule has 5 nitrogen and oxygen atoms in total. The molecule has 3 rings (SSSR count). The largest absolute Gasteiger partial charge is 0.316 e. The molecule has 0 aliphatic carbocycles. The van der Waals surface area contributed by atoms with Gasteiger partial charge >= 0.3 is 0 Å². The Hall–Kier alpha value is -1.34. The number of hydrogen-bond donors (Lipinski definition) is 0. The molecule has 2 atom stereocenters. The van der Waals surface area contributed by atoms with Gasteiger partial charge in [0.15, 0.2) is 15.0 Å². The summed E-state index contributed by atoms with van der Waals surface area (Å²) in [4.78, 5) is 18.5. The highest BCUT2D eigenvalue weighted by Crippen LogP contribution is 2.41. The molecule has 0 bridgehead atoms. The second-order valence-corrected chi connectivity index (χ2v) is 10.7. The topological polar surface area (TPSA) is 66.8 Å². The molecule has 0 N–H and O–H groups in total. The van der Waals surface area contributed by atoms with Crippen molar-refractivity contribution in [1.29, 1.82) is 0 Å². The molecule has 1 aromatic rings. The smallest absolute Gasteiger partial charge is 0.248 e. The summed E-state index contributed by atoms with van der Waals surface area (Å²) >= 11 is 1.43. The van der Waals surface area contributed by atoms with E-state index in [1.807, 2.05) is 50.8 Å². The first kappa shape index (κ1) is 18.5. The van der Waals surface area contributed by atoms with Crippen LogP contribution in [0.1, 0.15) is 31.4 Å². The molecule has 2 saturated heterocycles. The van der Waals surface area contributed by atoms with Crippen LogP contribution in [0, 0.1) is 19.8 Å². The number of nitrogens with zero attached hydrogens (tertiary/aromatic N) is 2. The fourth-order valence-electron chi connectivity index (χ4n) is 3.24. The van der Waals surface area contributed by atoms with E-state index in [0.717, 1.165) is 11.3 Å². The lowest BCUT2D eigenvalue weighted by Gasteiger charge is -2.25. The summed E-state index contributed by atoms with van der Waals surface area (Å²) in [6, 6.07) is 5.91. The van der Waals surface area contributed by atoms with E-state index in [0.29, 0.717) is 11.6 Å². The molecule has 0 aromatic heterocycles. The summed E-state index contributed by atoms with van der Waals surface area (Å²) in [6.07, 6.45) is 0.401. The van der Waals surface area contributed by atoms with Gasteiger partial charge in [0, 0.05) is 17.4 Å². The molecule has 2 fully saturated rings. The summed E-state index contributed by atoms with van der Waals surface area (Å²) in [6.45, 7) is 8.05. The zero-order valence-corrected chi connectivity index (χ0v) is 16.7. The molecule has 1 amide bonds. The zero-order chi connectivity index (χ0) is 18.4. The second-order valence-electron chi connectivity index (χ2n) is 7.33. The SMILES string of the molecule is Cc1ccc(N2C(=NC(=O)CC(C)C)SC3CS(=O)(=O)CC32)cc1C. The predicted octanol–water partition coefficient (Wildman–Crippen LogP) is 2.95. The maximum absolute atomic E-state index is 12.2. The van der Waals surface area contributed by atoms with Crippen molar-refractivity contribution >= 4 is 38.4 Å². The Labute approximate surface area is 153 Å². The molecule has 2 unspecified atom stereocenters. The summed E-state index contributed by atoms with van der Waals surface area (Å²) in [5.41, 5.74) is 3.23. The van der Waals surface area contributed by atoms with E-state index >= 15 is 0 Å². The highest BCUT2D eigenvalue weighted by atomic mass is 32.2. The summed E-state index contributed by atoms with van der Waals surface area (Å²) < 4.78 is 24.1. The number of benzene rings is 1. The Balaban J connectivity index is 1.99. The highest BCUT2D eigenvalue weighted by molar-refractivity contribution is 8.16. The van der Waals surface area contributed by atoms with Crippen molar-refractivity contribution < 1.29 is 13.2 Å². The first-order chi connectivity index (χ1) is 11.7. The molecule has 2 aliphatic rings. The van der Waals surface area contributed by atoms with Gasteiger partial charge in [0.25, 0.3) is 0 Å². The second kappa shape index (κ2) is 6.76. The molecule has 7 heteroatoms. The maximum Gasteiger partial charge on any atom is 0.248 e.